The summed E-state index contributed by atoms with van der Waals surface area (Å²) in [7, 11) is 0. The van der Waals surface area contributed by atoms with Gasteiger partial charge in [0.1, 0.15) is 5.82 Å². The molecule has 0 saturated carbocycles. The molecular formula is C22H21FN4OS. The Labute approximate surface area is 171 Å². The van der Waals surface area contributed by atoms with Gasteiger partial charge in [-0.05, 0) is 43.2 Å². The zero-order valence-electron chi connectivity index (χ0n) is 16.3. The maximum atomic E-state index is 13.2. The average Bonchev–Trinajstić information content (AvgIpc) is 3.28. The van der Waals surface area contributed by atoms with Crippen molar-refractivity contribution in [2.75, 3.05) is 0 Å². The van der Waals surface area contributed by atoms with Crippen LogP contribution >= 0.6 is 11.3 Å². The smallest absolute Gasteiger partial charge is 0.282 e. The van der Waals surface area contributed by atoms with Crippen molar-refractivity contribution in [1.29, 1.82) is 0 Å². The molecule has 0 aliphatic heterocycles. The first-order valence-corrected chi connectivity index (χ1v) is 10.3. The van der Waals surface area contributed by atoms with Gasteiger partial charge in [-0.2, -0.15) is 4.68 Å². The molecule has 4 aromatic rings. The number of thiazole rings is 1. The summed E-state index contributed by atoms with van der Waals surface area (Å²) in [5.41, 5.74) is 3.73. The van der Waals surface area contributed by atoms with Crippen LogP contribution in [0.3, 0.4) is 0 Å². The highest BCUT2D eigenvalue weighted by atomic mass is 32.1. The fourth-order valence-electron chi connectivity index (χ4n) is 3.26. The Balaban J connectivity index is 1.73. The Kier molecular flexibility index (Phi) is 5.40. The van der Waals surface area contributed by atoms with Crippen molar-refractivity contribution in [3.05, 3.63) is 81.5 Å². The molecule has 0 bridgehead atoms. The van der Waals surface area contributed by atoms with Crippen LogP contribution in [0, 0.1) is 5.82 Å². The van der Waals surface area contributed by atoms with Crippen molar-refractivity contribution in [2.24, 2.45) is 4.99 Å². The summed E-state index contributed by atoms with van der Waals surface area (Å²) < 4.78 is 15.6. The SMILES string of the molecule is CCCc1[nH]n(-c2nc3ccccc3s2)c(=O)c1C(C)=NCc1ccc(F)cc1. The van der Waals surface area contributed by atoms with Gasteiger partial charge in [-0.25, -0.2) is 9.37 Å². The third-order valence-electron chi connectivity index (χ3n) is 4.71. The Hall–Kier alpha value is -3.06. The number of hydrogen-bond acceptors (Lipinski definition) is 4. The van der Waals surface area contributed by atoms with E-state index >= 15 is 0 Å². The number of para-hydroxylation sites is 1. The molecule has 0 spiro atoms. The van der Waals surface area contributed by atoms with E-state index in [1.54, 1.807) is 12.1 Å². The lowest BCUT2D eigenvalue weighted by atomic mass is 10.1. The van der Waals surface area contributed by atoms with E-state index in [0.29, 0.717) is 23.0 Å². The van der Waals surface area contributed by atoms with Crippen LogP contribution < -0.4 is 5.56 Å². The first-order chi connectivity index (χ1) is 14.1. The topological polar surface area (TPSA) is 63.0 Å². The number of aromatic amines is 1. The largest absolute Gasteiger partial charge is 0.292 e. The Bertz CT molecular complexity index is 1200. The molecule has 2 aromatic heterocycles. The number of aryl methyl sites for hydroxylation is 1. The van der Waals surface area contributed by atoms with Crippen LogP contribution in [-0.4, -0.2) is 20.5 Å². The molecule has 29 heavy (non-hydrogen) atoms. The summed E-state index contributed by atoms with van der Waals surface area (Å²) in [6.07, 6.45) is 1.64. The molecule has 148 valence electrons. The predicted octanol–water partition coefficient (Wildman–Crippen LogP) is 4.88. The van der Waals surface area contributed by atoms with Gasteiger partial charge in [-0.3, -0.25) is 14.9 Å². The number of aromatic nitrogens is 3. The molecule has 2 heterocycles. The maximum absolute atomic E-state index is 13.2. The van der Waals surface area contributed by atoms with Gasteiger partial charge in [0.25, 0.3) is 5.56 Å². The molecule has 4 rings (SSSR count). The van der Waals surface area contributed by atoms with E-state index in [-0.39, 0.29) is 11.4 Å². The van der Waals surface area contributed by atoms with Gasteiger partial charge in [0, 0.05) is 11.4 Å². The molecule has 0 amide bonds. The predicted molar refractivity (Wildman–Crippen MR) is 116 cm³/mol. The molecule has 1 N–H and O–H groups in total. The van der Waals surface area contributed by atoms with Gasteiger partial charge in [-0.15, -0.1) is 0 Å². The van der Waals surface area contributed by atoms with Crippen molar-refractivity contribution in [3.63, 3.8) is 0 Å². The standard InChI is InChI=1S/C22H21FN4OS/c1-3-6-18-20(14(2)24-13-15-9-11-16(23)12-10-15)21(28)27(26-18)22-25-17-7-4-5-8-19(17)29-22/h4-5,7-12,26H,3,6,13H2,1-2H3. The Morgan fingerprint density at radius 2 is 1.97 bits per heavy atom. The fraction of sp³-hybridized carbons (Fsp3) is 0.227. The maximum Gasteiger partial charge on any atom is 0.282 e. The highest BCUT2D eigenvalue weighted by Crippen LogP contribution is 2.24. The number of benzene rings is 2. The minimum absolute atomic E-state index is 0.145. The minimum atomic E-state index is -0.274. The number of H-pyrrole nitrogens is 1. The number of nitrogens with one attached hydrogen (secondary N) is 1. The molecule has 2 aromatic carbocycles. The van der Waals surface area contributed by atoms with Crippen LogP contribution in [0.4, 0.5) is 4.39 Å². The van der Waals surface area contributed by atoms with Crippen LogP contribution in [0.25, 0.3) is 15.3 Å². The highest BCUT2D eigenvalue weighted by Gasteiger charge is 2.19. The number of hydrogen-bond donors (Lipinski definition) is 1. The summed E-state index contributed by atoms with van der Waals surface area (Å²) >= 11 is 1.47. The van der Waals surface area contributed by atoms with Crippen LogP contribution in [-0.2, 0) is 13.0 Å². The molecule has 0 atom stereocenters. The van der Waals surface area contributed by atoms with Gasteiger partial charge in [0.05, 0.1) is 22.3 Å². The van der Waals surface area contributed by atoms with Crippen molar-refractivity contribution in [3.8, 4) is 5.13 Å². The van der Waals surface area contributed by atoms with Gasteiger partial charge in [-0.1, -0.05) is 48.9 Å². The molecule has 0 unspecified atom stereocenters. The minimum Gasteiger partial charge on any atom is -0.292 e. The molecule has 0 fully saturated rings. The second kappa shape index (κ2) is 8.13. The monoisotopic (exact) mass is 408 g/mol. The van der Waals surface area contributed by atoms with E-state index in [0.717, 1.165) is 34.3 Å². The van der Waals surface area contributed by atoms with Gasteiger partial charge in [0.15, 0.2) is 0 Å². The van der Waals surface area contributed by atoms with E-state index in [2.05, 4.69) is 22.0 Å². The number of nitrogens with zero attached hydrogens (tertiary/aromatic N) is 3. The summed E-state index contributed by atoms with van der Waals surface area (Å²) in [6, 6.07) is 14.1. The van der Waals surface area contributed by atoms with Crippen LogP contribution in [0.15, 0.2) is 58.3 Å². The lowest BCUT2D eigenvalue weighted by molar-refractivity contribution is 0.627. The zero-order valence-corrected chi connectivity index (χ0v) is 17.1. The highest BCUT2D eigenvalue weighted by molar-refractivity contribution is 7.20. The molecule has 0 radical (unpaired) electrons. The quantitative estimate of drug-likeness (QED) is 0.462. The lowest BCUT2D eigenvalue weighted by Crippen LogP contribution is -2.19. The second-order valence-corrected chi connectivity index (χ2v) is 7.86. The van der Waals surface area contributed by atoms with Crippen molar-refractivity contribution < 1.29 is 4.39 Å². The van der Waals surface area contributed by atoms with Crippen LogP contribution in [0.2, 0.25) is 0 Å². The van der Waals surface area contributed by atoms with E-state index in [1.165, 1.54) is 28.2 Å². The summed E-state index contributed by atoms with van der Waals surface area (Å²) in [5.74, 6) is -0.274. The van der Waals surface area contributed by atoms with Gasteiger partial charge in [0.2, 0.25) is 5.13 Å². The lowest BCUT2D eigenvalue weighted by Gasteiger charge is -2.02. The van der Waals surface area contributed by atoms with E-state index in [1.807, 2.05) is 31.2 Å². The second-order valence-electron chi connectivity index (χ2n) is 6.85. The van der Waals surface area contributed by atoms with E-state index in [4.69, 9.17) is 0 Å². The summed E-state index contributed by atoms with van der Waals surface area (Å²) in [6.45, 7) is 4.31. The molecular weight excluding hydrogens is 387 g/mol. The summed E-state index contributed by atoms with van der Waals surface area (Å²) in [5, 5.41) is 3.85. The molecule has 0 saturated heterocycles. The van der Waals surface area contributed by atoms with Crippen molar-refractivity contribution in [1.82, 2.24) is 14.8 Å². The summed E-state index contributed by atoms with van der Waals surface area (Å²) in [4.78, 5) is 22.4. The zero-order chi connectivity index (χ0) is 20.4. The van der Waals surface area contributed by atoms with Crippen LogP contribution in [0.1, 0.15) is 37.1 Å². The first kappa shape index (κ1) is 19.3. The number of rotatable bonds is 6. The van der Waals surface area contributed by atoms with Crippen LogP contribution in [0.5, 0.6) is 0 Å². The van der Waals surface area contributed by atoms with Gasteiger partial charge < -0.3 is 0 Å². The van der Waals surface area contributed by atoms with E-state index < -0.39 is 0 Å². The normalized spacial score (nSPS) is 12.0. The Morgan fingerprint density at radius 1 is 1.21 bits per heavy atom. The van der Waals surface area contributed by atoms with E-state index in [9.17, 15) is 9.18 Å². The van der Waals surface area contributed by atoms with Crippen molar-refractivity contribution in [2.45, 2.75) is 33.2 Å². The molecule has 5 nitrogen and oxygen atoms in total. The van der Waals surface area contributed by atoms with Crippen molar-refractivity contribution >= 4 is 27.3 Å². The molecule has 7 heteroatoms. The first-order valence-electron chi connectivity index (χ1n) is 9.52. The number of aliphatic imine (C=N–C) groups is 1. The number of fused-ring (bicyclic) bond motifs is 1. The third-order valence-corrected chi connectivity index (χ3v) is 5.73. The average molecular weight is 409 g/mol. The fourth-order valence-corrected chi connectivity index (χ4v) is 4.18. The number of halogens is 1. The third kappa shape index (κ3) is 3.91. The molecule has 0 aliphatic carbocycles. The van der Waals surface area contributed by atoms with Gasteiger partial charge >= 0.3 is 0 Å². The Morgan fingerprint density at radius 3 is 2.69 bits per heavy atom. The molecule has 0 aliphatic rings.